The molecule has 0 aliphatic heterocycles. The van der Waals surface area contributed by atoms with Crippen LogP contribution in [0.4, 0.5) is 19.0 Å². The first-order valence-electron chi connectivity index (χ1n) is 6.79. The van der Waals surface area contributed by atoms with Crippen molar-refractivity contribution < 1.29 is 22.8 Å². The van der Waals surface area contributed by atoms with Gasteiger partial charge in [-0.05, 0) is 24.3 Å². The van der Waals surface area contributed by atoms with Crippen molar-refractivity contribution in [2.45, 2.75) is 6.18 Å². The number of halogens is 5. The van der Waals surface area contributed by atoms with Crippen LogP contribution < -0.4 is 5.32 Å². The average Bonchev–Trinajstić information content (AvgIpc) is 3.04. The number of benzene rings is 1. The van der Waals surface area contributed by atoms with Gasteiger partial charge in [0.2, 0.25) is 0 Å². The minimum Gasteiger partial charge on any atom is -0.301 e. The van der Waals surface area contributed by atoms with Crippen molar-refractivity contribution in [3.05, 3.63) is 39.2 Å². The normalized spacial score (nSPS) is 11.6. The SMILES string of the molecule is O=Cc1ccc(-c2nc3cc(Cl)c(Cl)cc3nc2NC(=O)C(F)(F)F)s1. The van der Waals surface area contributed by atoms with Gasteiger partial charge in [0.25, 0.3) is 0 Å². The third kappa shape index (κ3) is 3.64. The van der Waals surface area contributed by atoms with Gasteiger partial charge >= 0.3 is 12.1 Å². The molecule has 0 spiro atoms. The van der Waals surface area contributed by atoms with Crippen LogP contribution in [-0.4, -0.2) is 28.3 Å². The van der Waals surface area contributed by atoms with Crippen LogP contribution in [0.2, 0.25) is 10.0 Å². The monoisotopic (exact) mass is 419 g/mol. The predicted molar refractivity (Wildman–Crippen MR) is 92.9 cm³/mol. The number of thiophene rings is 1. The highest BCUT2D eigenvalue weighted by atomic mass is 35.5. The number of aldehydes is 1. The van der Waals surface area contributed by atoms with Crippen LogP contribution in [-0.2, 0) is 4.79 Å². The van der Waals surface area contributed by atoms with Crippen LogP contribution in [0.1, 0.15) is 9.67 Å². The third-order valence-corrected chi connectivity index (χ3v) is 4.91. The molecule has 0 unspecified atom stereocenters. The van der Waals surface area contributed by atoms with Gasteiger partial charge in [0.05, 0.1) is 30.8 Å². The van der Waals surface area contributed by atoms with E-state index in [9.17, 15) is 22.8 Å². The fourth-order valence-corrected chi connectivity index (χ4v) is 3.16. The van der Waals surface area contributed by atoms with Crippen LogP contribution in [0.3, 0.4) is 0 Å². The molecule has 26 heavy (non-hydrogen) atoms. The van der Waals surface area contributed by atoms with E-state index in [1.807, 2.05) is 0 Å². The average molecular weight is 420 g/mol. The summed E-state index contributed by atoms with van der Waals surface area (Å²) in [5, 5.41) is 2.03. The van der Waals surface area contributed by atoms with Gasteiger partial charge < -0.3 is 5.32 Å². The lowest BCUT2D eigenvalue weighted by Gasteiger charge is -2.12. The number of alkyl halides is 3. The first-order chi connectivity index (χ1) is 12.2. The highest BCUT2D eigenvalue weighted by molar-refractivity contribution is 7.17. The molecule has 2 aromatic heterocycles. The summed E-state index contributed by atoms with van der Waals surface area (Å²) in [6.07, 6.45) is -4.51. The van der Waals surface area contributed by atoms with E-state index in [0.717, 1.165) is 11.3 Å². The molecule has 0 bridgehead atoms. The number of aromatic nitrogens is 2. The lowest BCUT2D eigenvalue weighted by Crippen LogP contribution is -2.30. The molecule has 1 amide bonds. The van der Waals surface area contributed by atoms with Gasteiger partial charge in [-0.3, -0.25) is 9.59 Å². The molecule has 0 fully saturated rings. The Morgan fingerprint density at radius 1 is 1.12 bits per heavy atom. The van der Waals surface area contributed by atoms with Gasteiger partial charge in [-0.1, -0.05) is 23.2 Å². The van der Waals surface area contributed by atoms with E-state index in [0.29, 0.717) is 16.0 Å². The topological polar surface area (TPSA) is 72.0 Å². The number of hydrogen-bond donors (Lipinski definition) is 1. The lowest BCUT2D eigenvalue weighted by molar-refractivity contribution is -0.167. The maximum Gasteiger partial charge on any atom is 0.471 e. The minimum absolute atomic E-state index is 0.0217. The fraction of sp³-hybridized carbons (Fsp3) is 0.0667. The Morgan fingerprint density at radius 2 is 1.73 bits per heavy atom. The van der Waals surface area contributed by atoms with Crippen molar-refractivity contribution in [2.24, 2.45) is 0 Å². The number of anilines is 1. The summed E-state index contributed by atoms with van der Waals surface area (Å²) >= 11 is 12.8. The molecule has 1 aromatic carbocycles. The van der Waals surface area contributed by atoms with Crippen LogP contribution in [0, 0.1) is 0 Å². The molecular weight excluding hydrogens is 414 g/mol. The molecule has 5 nitrogen and oxygen atoms in total. The molecule has 1 N–H and O–H groups in total. The Morgan fingerprint density at radius 3 is 2.27 bits per heavy atom. The second-order valence-corrected chi connectivity index (χ2v) is 6.88. The quantitative estimate of drug-likeness (QED) is 0.607. The first kappa shape index (κ1) is 18.6. The van der Waals surface area contributed by atoms with E-state index in [1.54, 1.807) is 5.32 Å². The van der Waals surface area contributed by atoms with E-state index in [-0.39, 0.29) is 26.8 Å². The molecule has 134 valence electrons. The largest absolute Gasteiger partial charge is 0.471 e. The molecule has 11 heteroatoms. The maximum absolute atomic E-state index is 12.6. The van der Waals surface area contributed by atoms with Crippen LogP contribution in [0.5, 0.6) is 0 Å². The molecular formula is C15H6Cl2F3N3O2S. The second-order valence-electron chi connectivity index (χ2n) is 4.95. The molecule has 0 saturated heterocycles. The van der Waals surface area contributed by atoms with Gasteiger partial charge in [0.15, 0.2) is 12.1 Å². The fourth-order valence-electron chi connectivity index (χ4n) is 2.03. The summed E-state index contributed by atoms with van der Waals surface area (Å²) in [6.45, 7) is 0. The lowest BCUT2D eigenvalue weighted by atomic mass is 10.2. The van der Waals surface area contributed by atoms with Gasteiger partial charge in [-0.25, -0.2) is 9.97 Å². The zero-order chi connectivity index (χ0) is 19.1. The van der Waals surface area contributed by atoms with Gasteiger partial charge in [0.1, 0.15) is 5.69 Å². The molecule has 0 saturated carbocycles. The Kier molecular flexibility index (Phi) is 4.87. The Bertz CT molecular complexity index is 1040. The first-order valence-corrected chi connectivity index (χ1v) is 8.36. The van der Waals surface area contributed by atoms with Crippen molar-refractivity contribution in [2.75, 3.05) is 5.32 Å². The van der Waals surface area contributed by atoms with Crippen molar-refractivity contribution in [1.82, 2.24) is 9.97 Å². The Balaban J connectivity index is 2.20. The smallest absolute Gasteiger partial charge is 0.301 e. The standard InChI is InChI=1S/C15H6Cl2F3N3O2S/c16-7-3-9-10(4-8(7)17)22-13(23-14(25)15(18,19)20)12(21-9)11-2-1-6(5-24)26-11/h1-5H,(H,22,23,25). The minimum atomic E-state index is -5.10. The number of hydrogen-bond acceptors (Lipinski definition) is 5. The van der Waals surface area contributed by atoms with Gasteiger partial charge in [-0.2, -0.15) is 13.2 Å². The van der Waals surface area contributed by atoms with Crippen molar-refractivity contribution >= 4 is 63.6 Å². The number of nitrogens with one attached hydrogen (secondary N) is 1. The zero-order valence-corrected chi connectivity index (χ0v) is 14.7. The van der Waals surface area contributed by atoms with E-state index in [1.165, 1.54) is 24.3 Å². The van der Waals surface area contributed by atoms with E-state index < -0.39 is 17.9 Å². The van der Waals surface area contributed by atoms with Crippen LogP contribution in [0.25, 0.3) is 21.6 Å². The van der Waals surface area contributed by atoms with Crippen LogP contribution >= 0.6 is 34.5 Å². The highest BCUT2D eigenvalue weighted by Crippen LogP contribution is 2.35. The summed E-state index contributed by atoms with van der Waals surface area (Å²) in [4.78, 5) is 31.1. The molecule has 2 heterocycles. The van der Waals surface area contributed by atoms with Crippen molar-refractivity contribution in [1.29, 1.82) is 0 Å². The summed E-state index contributed by atoms with van der Waals surface area (Å²) in [5.74, 6) is -2.60. The van der Waals surface area contributed by atoms with Gasteiger partial charge in [-0.15, -0.1) is 11.3 Å². The molecule has 0 aliphatic carbocycles. The molecule has 3 rings (SSSR count). The maximum atomic E-state index is 12.6. The number of rotatable bonds is 3. The summed E-state index contributed by atoms with van der Waals surface area (Å²) in [7, 11) is 0. The van der Waals surface area contributed by atoms with Crippen molar-refractivity contribution in [3.8, 4) is 10.6 Å². The molecule has 0 aliphatic rings. The molecule has 0 radical (unpaired) electrons. The number of amides is 1. The zero-order valence-electron chi connectivity index (χ0n) is 12.4. The molecule has 3 aromatic rings. The van der Waals surface area contributed by atoms with Gasteiger partial charge in [0, 0.05) is 0 Å². The second kappa shape index (κ2) is 6.82. The summed E-state index contributed by atoms with van der Waals surface area (Å²) < 4.78 is 37.8. The third-order valence-electron chi connectivity index (χ3n) is 3.17. The number of fused-ring (bicyclic) bond motifs is 1. The number of carbonyl (C=O) groups excluding carboxylic acids is 2. The predicted octanol–water partition coefficient (Wildman–Crippen LogP) is 4.98. The highest BCUT2D eigenvalue weighted by Gasteiger charge is 2.39. The number of nitrogens with zero attached hydrogens (tertiary/aromatic N) is 2. The van der Waals surface area contributed by atoms with E-state index >= 15 is 0 Å². The van der Waals surface area contributed by atoms with E-state index in [4.69, 9.17) is 23.2 Å². The number of carbonyl (C=O) groups is 2. The Labute approximate surface area is 157 Å². The van der Waals surface area contributed by atoms with E-state index in [2.05, 4.69) is 9.97 Å². The van der Waals surface area contributed by atoms with Crippen molar-refractivity contribution in [3.63, 3.8) is 0 Å². The summed E-state index contributed by atoms with van der Waals surface area (Å²) in [5.41, 5.74) is 0.389. The molecule has 0 atom stereocenters. The Hall–Kier alpha value is -2.23. The summed E-state index contributed by atoms with van der Waals surface area (Å²) in [6, 6.07) is 5.69. The van der Waals surface area contributed by atoms with Crippen LogP contribution in [0.15, 0.2) is 24.3 Å².